The highest BCUT2D eigenvalue weighted by Gasteiger charge is 2.15. The van der Waals surface area contributed by atoms with Crippen molar-refractivity contribution in [3.05, 3.63) is 60.3 Å². The smallest absolute Gasteiger partial charge is 0.197 e. The molecule has 3 aromatic heterocycles. The van der Waals surface area contributed by atoms with Crippen LogP contribution in [0.5, 0.6) is 5.75 Å². The normalized spacial score (nSPS) is 12.3. The summed E-state index contributed by atoms with van der Waals surface area (Å²) in [4.78, 5) is 4.28. The molecule has 0 radical (unpaired) electrons. The minimum atomic E-state index is -0.246. The molecule has 0 bridgehead atoms. The molecule has 3 heterocycles. The van der Waals surface area contributed by atoms with Crippen molar-refractivity contribution in [3.8, 4) is 17.2 Å². The van der Waals surface area contributed by atoms with Crippen LogP contribution < -0.4 is 5.36 Å². The second-order valence-electron chi connectivity index (χ2n) is 4.84. The third-order valence-corrected chi connectivity index (χ3v) is 3.54. The van der Waals surface area contributed by atoms with E-state index in [-0.39, 0.29) is 16.9 Å². The largest absolute Gasteiger partial charge is 0.503 e. The lowest BCUT2D eigenvalue weighted by molar-refractivity contribution is 0.297. The Kier molecular flexibility index (Phi) is 2.62. The van der Waals surface area contributed by atoms with Gasteiger partial charge < -0.3 is 19.1 Å². The van der Waals surface area contributed by atoms with Crippen LogP contribution in [0.4, 0.5) is 0 Å². The summed E-state index contributed by atoms with van der Waals surface area (Å²) < 4.78 is 7.60. The molecule has 0 saturated heterocycles. The summed E-state index contributed by atoms with van der Waals surface area (Å²) in [5.41, 5.74) is 1.87. The summed E-state index contributed by atoms with van der Waals surface area (Å²) in [6.45, 7) is 0. The van der Waals surface area contributed by atoms with Gasteiger partial charge in [0, 0.05) is 11.7 Å². The third kappa shape index (κ3) is 1.74. The van der Waals surface area contributed by atoms with E-state index >= 15 is 0 Å². The van der Waals surface area contributed by atoms with Crippen molar-refractivity contribution in [2.45, 2.75) is 0 Å². The topological polar surface area (TPSA) is 83.3 Å². The van der Waals surface area contributed by atoms with Crippen molar-refractivity contribution < 1.29 is 14.7 Å². The maximum Gasteiger partial charge on any atom is 0.197 e. The third-order valence-electron chi connectivity index (χ3n) is 3.54. The summed E-state index contributed by atoms with van der Waals surface area (Å²) in [6.07, 6.45) is 3.50. The van der Waals surface area contributed by atoms with E-state index in [2.05, 4.69) is 10.1 Å². The lowest BCUT2D eigenvalue weighted by Gasteiger charge is -2.07. The van der Waals surface area contributed by atoms with Gasteiger partial charge in [0.15, 0.2) is 16.9 Å². The molecule has 22 heavy (non-hydrogen) atoms. The van der Waals surface area contributed by atoms with Crippen LogP contribution in [0, 0.1) is 0 Å². The Morgan fingerprint density at radius 3 is 2.86 bits per heavy atom. The highest BCUT2D eigenvalue weighted by atomic mass is 16.4. The van der Waals surface area contributed by atoms with E-state index in [1.54, 1.807) is 36.7 Å². The van der Waals surface area contributed by atoms with E-state index in [0.29, 0.717) is 16.7 Å². The van der Waals surface area contributed by atoms with Crippen LogP contribution in [0.25, 0.3) is 27.9 Å². The molecule has 6 heteroatoms. The van der Waals surface area contributed by atoms with Crippen molar-refractivity contribution in [2.75, 3.05) is 0 Å². The Labute approximate surface area is 124 Å². The lowest BCUT2D eigenvalue weighted by Crippen LogP contribution is -2.05. The monoisotopic (exact) mass is 293 g/mol. The fraction of sp³-hybridized carbons (Fsp3) is 0. The first-order valence-corrected chi connectivity index (χ1v) is 6.64. The molecule has 4 rings (SSSR count). The molecule has 0 atom stereocenters. The molecule has 0 saturated carbocycles. The molecule has 4 aromatic rings. The molecule has 0 unspecified atom stereocenters. The zero-order valence-electron chi connectivity index (χ0n) is 11.3. The van der Waals surface area contributed by atoms with Crippen molar-refractivity contribution in [1.29, 1.82) is 0 Å². The SMILES string of the molecule is ON=c1c(O)c(-c2cc3cccn3cn2)oc2ccccc12. The molecule has 6 nitrogen and oxygen atoms in total. The van der Waals surface area contributed by atoms with Gasteiger partial charge in [0.2, 0.25) is 0 Å². The zero-order chi connectivity index (χ0) is 15.1. The van der Waals surface area contributed by atoms with Crippen LogP contribution in [0.1, 0.15) is 0 Å². The summed E-state index contributed by atoms with van der Waals surface area (Å²) >= 11 is 0. The van der Waals surface area contributed by atoms with Crippen molar-refractivity contribution >= 4 is 16.5 Å². The van der Waals surface area contributed by atoms with E-state index in [4.69, 9.17) is 4.42 Å². The maximum absolute atomic E-state index is 10.4. The van der Waals surface area contributed by atoms with Crippen LogP contribution in [0.15, 0.2) is 64.6 Å². The predicted octanol–water partition coefficient (Wildman–Crippen LogP) is 2.74. The van der Waals surface area contributed by atoms with Gasteiger partial charge in [-0.25, -0.2) is 4.98 Å². The Bertz CT molecular complexity index is 1060. The summed E-state index contributed by atoms with van der Waals surface area (Å²) in [6, 6.07) is 12.6. The van der Waals surface area contributed by atoms with Crippen LogP contribution in [-0.2, 0) is 0 Å². The highest BCUT2D eigenvalue weighted by molar-refractivity contribution is 5.81. The highest BCUT2D eigenvalue weighted by Crippen LogP contribution is 2.29. The van der Waals surface area contributed by atoms with Gasteiger partial charge >= 0.3 is 0 Å². The van der Waals surface area contributed by atoms with Gasteiger partial charge in [-0.15, -0.1) is 0 Å². The quantitative estimate of drug-likeness (QED) is 0.417. The molecule has 108 valence electrons. The first-order chi connectivity index (χ1) is 10.8. The van der Waals surface area contributed by atoms with E-state index in [9.17, 15) is 10.3 Å². The Hall–Kier alpha value is -3.28. The van der Waals surface area contributed by atoms with Gasteiger partial charge in [-0.05, 0) is 30.3 Å². The summed E-state index contributed by atoms with van der Waals surface area (Å²) in [5, 5.41) is 23.4. The summed E-state index contributed by atoms with van der Waals surface area (Å²) in [5.74, 6) is -0.0835. The molecule has 0 aliphatic rings. The number of aromatic hydroxyl groups is 1. The molecular formula is C16H11N3O3. The standard InChI is InChI=1S/C16H11N3O3/c20-15-14(18-21)11-5-1-2-6-13(11)22-16(15)12-8-10-4-3-7-19(10)9-17-12/h1-9,20-21H. The molecular weight excluding hydrogens is 282 g/mol. The van der Waals surface area contributed by atoms with Crippen LogP contribution in [0.3, 0.4) is 0 Å². The first kappa shape index (κ1) is 12.5. The number of hydrogen-bond donors (Lipinski definition) is 2. The van der Waals surface area contributed by atoms with Crippen LogP contribution in [-0.4, -0.2) is 19.7 Å². The van der Waals surface area contributed by atoms with E-state index < -0.39 is 0 Å². The molecule has 0 spiro atoms. The van der Waals surface area contributed by atoms with Crippen molar-refractivity contribution in [2.24, 2.45) is 5.16 Å². The van der Waals surface area contributed by atoms with E-state index in [0.717, 1.165) is 5.52 Å². The number of aromatic nitrogens is 2. The minimum absolute atomic E-state index is 0.0638. The average molecular weight is 293 g/mol. The van der Waals surface area contributed by atoms with Gasteiger partial charge in [0.1, 0.15) is 11.3 Å². The van der Waals surface area contributed by atoms with Crippen LogP contribution in [0.2, 0.25) is 0 Å². The van der Waals surface area contributed by atoms with Crippen molar-refractivity contribution in [3.63, 3.8) is 0 Å². The Morgan fingerprint density at radius 2 is 2.00 bits per heavy atom. The second-order valence-corrected chi connectivity index (χ2v) is 4.84. The Balaban J connectivity index is 2.07. The van der Waals surface area contributed by atoms with Crippen molar-refractivity contribution in [1.82, 2.24) is 9.38 Å². The number of rotatable bonds is 1. The zero-order valence-corrected chi connectivity index (χ0v) is 11.3. The minimum Gasteiger partial charge on any atom is -0.503 e. The first-order valence-electron chi connectivity index (χ1n) is 6.64. The second kappa shape index (κ2) is 4.63. The average Bonchev–Trinajstić information content (AvgIpc) is 3.02. The lowest BCUT2D eigenvalue weighted by atomic mass is 10.1. The fourth-order valence-electron chi connectivity index (χ4n) is 2.48. The van der Waals surface area contributed by atoms with Gasteiger partial charge in [0.05, 0.1) is 11.7 Å². The van der Waals surface area contributed by atoms with Gasteiger partial charge in [-0.2, -0.15) is 0 Å². The molecule has 1 aromatic carbocycles. The number of nitrogens with zero attached hydrogens (tertiary/aromatic N) is 3. The molecule has 0 fully saturated rings. The molecule has 0 amide bonds. The maximum atomic E-state index is 10.4. The summed E-state index contributed by atoms with van der Waals surface area (Å²) in [7, 11) is 0. The Morgan fingerprint density at radius 1 is 1.14 bits per heavy atom. The van der Waals surface area contributed by atoms with Gasteiger partial charge in [-0.1, -0.05) is 17.3 Å². The number of benzene rings is 1. The number of hydrogen-bond acceptors (Lipinski definition) is 5. The number of fused-ring (bicyclic) bond motifs is 2. The van der Waals surface area contributed by atoms with Crippen LogP contribution >= 0.6 is 0 Å². The predicted molar refractivity (Wildman–Crippen MR) is 79.4 cm³/mol. The fourth-order valence-corrected chi connectivity index (χ4v) is 2.48. The molecule has 0 aliphatic heterocycles. The molecule has 2 N–H and O–H groups in total. The van der Waals surface area contributed by atoms with Gasteiger partial charge in [-0.3, -0.25) is 0 Å². The van der Waals surface area contributed by atoms with Gasteiger partial charge in [0.25, 0.3) is 0 Å². The number of para-hydroxylation sites is 1. The molecule has 0 aliphatic carbocycles. The van der Waals surface area contributed by atoms with E-state index in [1.165, 1.54) is 0 Å². The van der Waals surface area contributed by atoms with E-state index in [1.807, 2.05) is 22.7 Å².